The summed E-state index contributed by atoms with van der Waals surface area (Å²) in [5.74, 6) is 2.08. The quantitative estimate of drug-likeness (QED) is 0.430. The predicted octanol–water partition coefficient (Wildman–Crippen LogP) is 3.54. The SMILES string of the molecule is COC(=C(OC)c1cc(CS(=O)O)ccc1OC)c1ccccc1OC. The highest BCUT2D eigenvalue weighted by molar-refractivity contribution is 7.78. The number of hydrogen-bond acceptors (Lipinski definition) is 5. The number of methoxy groups -OCH3 is 4. The maximum absolute atomic E-state index is 11.2. The van der Waals surface area contributed by atoms with E-state index >= 15 is 0 Å². The van der Waals surface area contributed by atoms with Gasteiger partial charge in [-0.2, -0.15) is 0 Å². The molecule has 6 nitrogen and oxygen atoms in total. The monoisotopic (exact) mass is 378 g/mol. The van der Waals surface area contributed by atoms with Crippen LogP contribution in [-0.4, -0.2) is 37.2 Å². The lowest BCUT2D eigenvalue weighted by molar-refractivity contribution is 0.322. The zero-order valence-corrected chi connectivity index (χ0v) is 16.0. The van der Waals surface area contributed by atoms with Crippen molar-refractivity contribution in [3.8, 4) is 11.5 Å². The highest BCUT2D eigenvalue weighted by atomic mass is 32.2. The van der Waals surface area contributed by atoms with E-state index in [1.807, 2.05) is 24.3 Å². The molecule has 0 spiro atoms. The Hall–Kier alpha value is -2.51. The van der Waals surface area contributed by atoms with Crippen molar-refractivity contribution in [1.29, 1.82) is 0 Å². The molecule has 1 unspecified atom stereocenters. The van der Waals surface area contributed by atoms with E-state index in [4.69, 9.17) is 18.9 Å². The maximum Gasteiger partial charge on any atom is 0.172 e. The minimum absolute atomic E-state index is 0.00492. The molecule has 1 N–H and O–H groups in total. The van der Waals surface area contributed by atoms with Crippen LogP contribution in [0, 0.1) is 0 Å². The van der Waals surface area contributed by atoms with E-state index < -0.39 is 11.1 Å². The molecule has 1 atom stereocenters. The summed E-state index contributed by atoms with van der Waals surface area (Å²) in [7, 11) is 6.20. The Labute approximate surface area is 155 Å². The number of hydrogen-bond donors (Lipinski definition) is 1. The Balaban J connectivity index is 2.70. The van der Waals surface area contributed by atoms with Crippen LogP contribution in [0.4, 0.5) is 0 Å². The Morgan fingerprint density at radius 3 is 2.04 bits per heavy atom. The first kappa shape index (κ1) is 19.8. The first-order valence-electron chi connectivity index (χ1n) is 7.76. The molecule has 0 bridgehead atoms. The molecule has 140 valence electrons. The molecule has 0 heterocycles. The third-order valence-electron chi connectivity index (χ3n) is 3.76. The third kappa shape index (κ3) is 4.36. The van der Waals surface area contributed by atoms with Gasteiger partial charge in [-0.25, -0.2) is 4.21 Å². The van der Waals surface area contributed by atoms with Gasteiger partial charge in [0.05, 0.1) is 45.3 Å². The van der Waals surface area contributed by atoms with Crippen LogP contribution in [-0.2, 0) is 26.3 Å². The normalized spacial score (nSPS) is 12.8. The van der Waals surface area contributed by atoms with Gasteiger partial charge in [0.15, 0.2) is 22.6 Å². The van der Waals surface area contributed by atoms with Crippen molar-refractivity contribution in [2.45, 2.75) is 5.75 Å². The predicted molar refractivity (Wildman–Crippen MR) is 101 cm³/mol. The van der Waals surface area contributed by atoms with Crippen LogP contribution in [0.1, 0.15) is 16.7 Å². The molecule has 0 aliphatic heterocycles. The van der Waals surface area contributed by atoms with E-state index in [0.29, 0.717) is 39.7 Å². The zero-order valence-electron chi connectivity index (χ0n) is 15.1. The Morgan fingerprint density at radius 1 is 0.885 bits per heavy atom. The first-order chi connectivity index (χ1) is 12.5. The first-order valence-corrected chi connectivity index (χ1v) is 9.03. The third-order valence-corrected chi connectivity index (χ3v) is 4.35. The van der Waals surface area contributed by atoms with Crippen LogP contribution in [0.3, 0.4) is 0 Å². The Bertz CT molecular complexity index is 815. The second-order valence-corrected chi connectivity index (χ2v) is 6.20. The van der Waals surface area contributed by atoms with Gasteiger partial charge in [0, 0.05) is 0 Å². The van der Waals surface area contributed by atoms with E-state index in [1.54, 1.807) is 39.5 Å². The van der Waals surface area contributed by atoms with Gasteiger partial charge in [-0.3, -0.25) is 0 Å². The van der Waals surface area contributed by atoms with E-state index in [1.165, 1.54) is 7.11 Å². The lowest BCUT2D eigenvalue weighted by Gasteiger charge is -2.18. The smallest absolute Gasteiger partial charge is 0.172 e. The molecule has 0 radical (unpaired) electrons. The minimum atomic E-state index is -1.95. The van der Waals surface area contributed by atoms with Crippen LogP contribution >= 0.6 is 0 Å². The summed E-state index contributed by atoms with van der Waals surface area (Å²) in [6.07, 6.45) is 0. The number of rotatable bonds is 8. The van der Waals surface area contributed by atoms with E-state index in [0.717, 1.165) is 0 Å². The van der Waals surface area contributed by atoms with Gasteiger partial charge < -0.3 is 23.5 Å². The van der Waals surface area contributed by atoms with Crippen LogP contribution in [0.5, 0.6) is 11.5 Å². The van der Waals surface area contributed by atoms with Gasteiger partial charge in [-0.15, -0.1) is 0 Å². The van der Waals surface area contributed by atoms with Gasteiger partial charge in [-0.05, 0) is 29.8 Å². The minimum Gasteiger partial charge on any atom is -0.496 e. The van der Waals surface area contributed by atoms with Gasteiger partial charge in [-0.1, -0.05) is 18.2 Å². The summed E-state index contributed by atoms with van der Waals surface area (Å²) in [4.78, 5) is 0. The summed E-state index contributed by atoms with van der Waals surface area (Å²) in [5.41, 5.74) is 2.00. The van der Waals surface area contributed by atoms with Crippen molar-refractivity contribution in [3.05, 3.63) is 59.2 Å². The second kappa shape index (κ2) is 9.26. The van der Waals surface area contributed by atoms with Crippen molar-refractivity contribution < 1.29 is 27.7 Å². The van der Waals surface area contributed by atoms with Crippen molar-refractivity contribution >= 4 is 22.6 Å². The molecular formula is C19H22O6S. The summed E-state index contributed by atoms with van der Waals surface area (Å²) < 4.78 is 42.4. The molecule has 2 aromatic rings. The fourth-order valence-corrected chi connectivity index (χ4v) is 3.11. The van der Waals surface area contributed by atoms with Crippen LogP contribution in [0.15, 0.2) is 42.5 Å². The van der Waals surface area contributed by atoms with Crippen LogP contribution < -0.4 is 9.47 Å². The molecule has 0 amide bonds. The van der Waals surface area contributed by atoms with E-state index in [2.05, 4.69) is 0 Å². The van der Waals surface area contributed by atoms with Crippen molar-refractivity contribution in [2.75, 3.05) is 28.4 Å². The standard InChI is InChI=1S/C19H22O6S/c1-22-16-8-6-5-7-14(16)18(24-3)19(25-4)15-11-13(12-26(20)21)9-10-17(15)23-2/h5-11H,12H2,1-4H3,(H,20,21). The molecule has 0 saturated heterocycles. The fraction of sp³-hybridized carbons (Fsp3) is 0.263. The van der Waals surface area contributed by atoms with Gasteiger partial charge in [0.25, 0.3) is 0 Å². The molecule has 0 aliphatic rings. The topological polar surface area (TPSA) is 74.2 Å². The van der Waals surface area contributed by atoms with Crippen molar-refractivity contribution in [1.82, 2.24) is 0 Å². The van der Waals surface area contributed by atoms with Gasteiger partial charge >= 0.3 is 0 Å². The molecule has 0 aromatic heterocycles. The average molecular weight is 378 g/mol. The molecule has 2 aromatic carbocycles. The summed E-state index contributed by atoms with van der Waals surface area (Å²) in [5, 5.41) is 0. The molecule has 0 aliphatic carbocycles. The lowest BCUT2D eigenvalue weighted by atomic mass is 10.0. The van der Waals surface area contributed by atoms with Crippen molar-refractivity contribution in [2.24, 2.45) is 0 Å². The second-order valence-electron chi connectivity index (χ2n) is 5.27. The number of ether oxygens (including phenoxy) is 4. The molecular weight excluding hydrogens is 356 g/mol. The van der Waals surface area contributed by atoms with Crippen LogP contribution in [0.25, 0.3) is 11.5 Å². The largest absolute Gasteiger partial charge is 0.496 e. The Kier molecular flexibility index (Phi) is 7.06. The number of para-hydroxylation sites is 1. The van der Waals surface area contributed by atoms with Crippen molar-refractivity contribution in [3.63, 3.8) is 0 Å². The number of benzene rings is 2. The molecule has 0 fully saturated rings. The zero-order chi connectivity index (χ0) is 19.1. The molecule has 2 rings (SSSR count). The average Bonchev–Trinajstić information content (AvgIpc) is 2.65. The van der Waals surface area contributed by atoms with E-state index in [-0.39, 0.29) is 5.75 Å². The van der Waals surface area contributed by atoms with E-state index in [9.17, 15) is 8.76 Å². The summed E-state index contributed by atoms with van der Waals surface area (Å²) >= 11 is -1.95. The van der Waals surface area contributed by atoms with Gasteiger partial charge in [0.2, 0.25) is 0 Å². The lowest BCUT2D eigenvalue weighted by Crippen LogP contribution is -2.03. The van der Waals surface area contributed by atoms with Gasteiger partial charge in [0.1, 0.15) is 11.5 Å². The molecule has 7 heteroatoms. The Morgan fingerprint density at radius 2 is 1.46 bits per heavy atom. The summed E-state index contributed by atoms with van der Waals surface area (Å²) in [6.45, 7) is 0. The van der Waals surface area contributed by atoms with Crippen LogP contribution in [0.2, 0.25) is 0 Å². The fourth-order valence-electron chi connectivity index (χ4n) is 2.65. The summed E-state index contributed by atoms with van der Waals surface area (Å²) in [6, 6.07) is 12.6. The maximum atomic E-state index is 11.2. The molecule has 0 saturated carbocycles. The highest BCUT2D eigenvalue weighted by Gasteiger charge is 2.20. The molecule has 26 heavy (non-hydrogen) atoms. The highest BCUT2D eigenvalue weighted by Crippen LogP contribution is 2.37.